The van der Waals surface area contributed by atoms with Crippen molar-refractivity contribution in [3.05, 3.63) is 74.9 Å². The first-order valence-corrected chi connectivity index (χ1v) is 10.1. The zero-order valence-corrected chi connectivity index (χ0v) is 17.3. The van der Waals surface area contributed by atoms with Crippen LogP contribution in [0.3, 0.4) is 0 Å². The van der Waals surface area contributed by atoms with Crippen molar-refractivity contribution >= 4 is 17.5 Å². The van der Waals surface area contributed by atoms with Gasteiger partial charge in [-0.1, -0.05) is 23.7 Å². The number of hydrogen-bond donors (Lipinski definition) is 1. The molecular weight excluding hydrogens is 452 g/mol. The van der Waals surface area contributed by atoms with Crippen LogP contribution in [0.1, 0.15) is 34.8 Å². The van der Waals surface area contributed by atoms with Crippen LogP contribution < -0.4 is 11.0 Å². The third kappa shape index (κ3) is 4.55. The predicted octanol–water partition coefficient (Wildman–Crippen LogP) is 4.29. The molecule has 3 aromatic rings. The van der Waals surface area contributed by atoms with Crippen molar-refractivity contribution in [2.24, 2.45) is 0 Å². The number of aromatic nitrogens is 3. The lowest BCUT2D eigenvalue weighted by molar-refractivity contribution is -0.137. The Labute approximate surface area is 184 Å². The number of amides is 1. The molecule has 0 bridgehead atoms. The summed E-state index contributed by atoms with van der Waals surface area (Å²) in [5, 5.41) is 6.76. The molecule has 0 radical (unpaired) electrons. The van der Waals surface area contributed by atoms with Crippen molar-refractivity contribution in [3.8, 4) is 11.4 Å². The number of benzene rings is 2. The van der Waals surface area contributed by atoms with Gasteiger partial charge in [0.15, 0.2) is 5.82 Å². The number of halogens is 5. The molecule has 0 unspecified atom stereocenters. The van der Waals surface area contributed by atoms with Crippen LogP contribution in [0.5, 0.6) is 0 Å². The molecule has 1 fully saturated rings. The van der Waals surface area contributed by atoms with E-state index in [-0.39, 0.29) is 41.1 Å². The molecule has 6 nitrogen and oxygen atoms in total. The van der Waals surface area contributed by atoms with Crippen LogP contribution in [0.2, 0.25) is 5.02 Å². The van der Waals surface area contributed by atoms with Gasteiger partial charge in [0.2, 0.25) is 0 Å². The Morgan fingerprint density at radius 3 is 2.59 bits per heavy atom. The summed E-state index contributed by atoms with van der Waals surface area (Å²) in [7, 11) is 0. The molecule has 1 heterocycles. The average molecular weight is 469 g/mol. The molecule has 0 spiro atoms. The van der Waals surface area contributed by atoms with Crippen LogP contribution in [0.15, 0.2) is 47.3 Å². The normalized spacial score (nSPS) is 13.9. The second kappa shape index (κ2) is 8.42. The summed E-state index contributed by atoms with van der Waals surface area (Å²) in [5.74, 6) is -0.981. The maximum Gasteiger partial charge on any atom is 0.416 e. The molecule has 0 atom stereocenters. The smallest absolute Gasteiger partial charge is 0.350 e. The zero-order chi connectivity index (χ0) is 23.0. The molecule has 1 aliphatic rings. The van der Waals surface area contributed by atoms with E-state index in [1.54, 1.807) is 0 Å². The minimum atomic E-state index is -4.52. The van der Waals surface area contributed by atoms with Gasteiger partial charge in [0.05, 0.1) is 22.7 Å². The van der Waals surface area contributed by atoms with E-state index in [9.17, 15) is 27.2 Å². The van der Waals surface area contributed by atoms with E-state index >= 15 is 0 Å². The molecule has 11 heteroatoms. The minimum Gasteiger partial charge on any atom is -0.350 e. The molecule has 1 aliphatic carbocycles. The lowest BCUT2D eigenvalue weighted by Crippen LogP contribution is -2.32. The zero-order valence-electron chi connectivity index (χ0n) is 16.5. The van der Waals surface area contributed by atoms with Crippen molar-refractivity contribution in [1.82, 2.24) is 19.7 Å². The van der Waals surface area contributed by atoms with Gasteiger partial charge in [0.1, 0.15) is 5.82 Å². The van der Waals surface area contributed by atoms with Gasteiger partial charge >= 0.3 is 11.9 Å². The van der Waals surface area contributed by atoms with Gasteiger partial charge < -0.3 is 5.32 Å². The van der Waals surface area contributed by atoms with Crippen LogP contribution in [0, 0.1) is 5.82 Å². The van der Waals surface area contributed by atoms with Crippen molar-refractivity contribution in [2.75, 3.05) is 6.54 Å². The molecule has 1 saturated carbocycles. The monoisotopic (exact) mass is 468 g/mol. The van der Waals surface area contributed by atoms with E-state index in [1.165, 1.54) is 22.8 Å². The van der Waals surface area contributed by atoms with E-state index in [2.05, 4.69) is 10.4 Å². The highest BCUT2D eigenvalue weighted by Crippen LogP contribution is 2.37. The van der Waals surface area contributed by atoms with Crippen molar-refractivity contribution < 1.29 is 22.4 Å². The van der Waals surface area contributed by atoms with Crippen LogP contribution >= 0.6 is 11.6 Å². The van der Waals surface area contributed by atoms with E-state index in [1.807, 2.05) is 0 Å². The van der Waals surface area contributed by atoms with Gasteiger partial charge in [0, 0.05) is 18.2 Å². The van der Waals surface area contributed by atoms with Gasteiger partial charge in [-0.3, -0.25) is 9.36 Å². The lowest BCUT2D eigenvalue weighted by Gasteiger charge is -2.09. The maximum atomic E-state index is 13.1. The maximum absolute atomic E-state index is 13.1. The fourth-order valence-electron chi connectivity index (χ4n) is 3.30. The highest BCUT2D eigenvalue weighted by Gasteiger charge is 2.33. The molecular formula is C21H17ClF4N4O2. The summed E-state index contributed by atoms with van der Waals surface area (Å²) >= 11 is 5.87. The van der Waals surface area contributed by atoms with E-state index in [0.29, 0.717) is 0 Å². The second-order valence-corrected chi connectivity index (χ2v) is 7.80. The third-order valence-electron chi connectivity index (χ3n) is 5.02. The fourth-order valence-corrected chi connectivity index (χ4v) is 3.56. The van der Waals surface area contributed by atoms with Gasteiger partial charge in [0.25, 0.3) is 5.91 Å². The van der Waals surface area contributed by atoms with Gasteiger partial charge in [-0.15, -0.1) is 5.10 Å². The quantitative estimate of drug-likeness (QED) is 0.549. The summed E-state index contributed by atoms with van der Waals surface area (Å²) in [6.07, 6.45) is -3.05. The molecule has 4 rings (SSSR count). The molecule has 0 saturated heterocycles. The number of hydrogen-bond acceptors (Lipinski definition) is 3. The average Bonchev–Trinajstić information content (AvgIpc) is 3.51. The molecule has 1 aromatic heterocycles. The fraction of sp³-hybridized carbons (Fsp3) is 0.286. The Kier molecular flexibility index (Phi) is 5.81. The molecule has 168 valence electrons. The predicted molar refractivity (Wildman–Crippen MR) is 109 cm³/mol. The number of alkyl halides is 3. The largest absolute Gasteiger partial charge is 0.416 e. The van der Waals surface area contributed by atoms with Crippen molar-refractivity contribution in [3.63, 3.8) is 0 Å². The second-order valence-electron chi connectivity index (χ2n) is 7.39. The highest BCUT2D eigenvalue weighted by molar-refractivity contribution is 6.33. The standard InChI is InChI=1S/C21H17ClF4N4O2/c22-17-11-14(23)4-7-16(17)19(31)27-8-9-29-20(32)30(15-5-6-15)18(28-29)12-2-1-3-13(10-12)21(24,25)26/h1-4,7,10-11,15H,5-6,8-9H2,(H,27,31). The molecule has 1 N–H and O–H groups in total. The Hall–Kier alpha value is -3.14. The first kappa shape index (κ1) is 22.1. The van der Waals surface area contributed by atoms with Crippen molar-refractivity contribution in [1.29, 1.82) is 0 Å². The number of carbonyl (C=O) groups is 1. The number of rotatable bonds is 6. The van der Waals surface area contributed by atoms with Crippen LogP contribution in [0.4, 0.5) is 17.6 Å². The van der Waals surface area contributed by atoms with Crippen LogP contribution in [0.25, 0.3) is 11.4 Å². The third-order valence-corrected chi connectivity index (χ3v) is 5.33. The number of carbonyl (C=O) groups excluding carboxylic acids is 1. The SMILES string of the molecule is O=C(NCCn1nc(-c2cccc(C(F)(F)F)c2)n(C2CC2)c1=O)c1ccc(F)cc1Cl. The van der Waals surface area contributed by atoms with E-state index < -0.39 is 29.2 Å². The van der Waals surface area contributed by atoms with Crippen LogP contribution in [-0.2, 0) is 12.7 Å². The number of nitrogens with one attached hydrogen (secondary N) is 1. The highest BCUT2D eigenvalue weighted by atomic mass is 35.5. The summed E-state index contributed by atoms with van der Waals surface area (Å²) in [5.41, 5.74) is -1.03. The Balaban J connectivity index is 1.55. The van der Waals surface area contributed by atoms with Gasteiger partial charge in [-0.2, -0.15) is 13.2 Å². The summed E-state index contributed by atoms with van der Waals surface area (Å²) in [4.78, 5) is 25.1. The van der Waals surface area contributed by atoms with Gasteiger partial charge in [-0.25, -0.2) is 13.9 Å². The van der Waals surface area contributed by atoms with Crippen LogP contribution in [-0.4, -0.2) is 26.8 Å². The molecule has 2 aromatic carbocycles. The summed E-state index contributed by atoms with van der Waals surface area (Å²) < 4.78 is 55.0. The molecule has 1 amide bonds. The Morgan fingerprint density at radius 1 is 1.19 bits per heavy atom. The number of nitrogens with zero attached hydrogens (tertiary/aromatic N) is 3. The first-order chi connectivity index (χ1) is 15.1. The van der Waals surface area contributed by atoms with E-state index in [0.717, 1.165) is 41.8 Å². The topological polar surface area (TPSA) is 68.9 Å². The summed E-state index contributed by atoms with van der Waals surface area (Å²) in [6, 6.07) is 7.90. The Morgan fingerprint density at radius 2 is 1.94 bits per heavy atom. The lowest BCUT2D eigenvalue weighted by atomic mass is 10.1. The molecule has 32 heavy (non-hydrogen) atoms. The summed E-state index contributed by atoms with van der Waals surface area (Å²) in [6.45, 7) is 0.00518. The van der Waals surface area contributed by atoms with Gasteiger partial charge in [-0.05, 0) is 43.2 Å². The first-order valence-electron chi connectivity index (χ1n) is 9.75. The minimum absolute atomic E-state index is 0.00489. The Bertz CT molecular complexity index is 1230. The molecule has 0 aliphatic heterocycles. The van der Waals surface area contributed by atoms with E-state index in [4.69, 9.17) is 11.6 Å². The van der Waals surface area contributed by atoms with Crippen molar-refractivity contribution in [2.45, 2.75) is 31.6 Å².